The number of aryl methyl sites for hydroxylation is 1. The normalized spacial score (nSPS) is 14.9. The Hall–Kier alpha value is -1.84. The molecule has 4 heteroatoms. The van der Waals surface area contributed by atoms with Gasteiger partial charge in [-0.3, -0.25) is 4.79 Å². The fourth-order valence-corrected chi connectivity index (χ4v) is 2.93. The number of fused-ring (bicyclic) bond motifs is 3. The van der Waals surface area contributed by atoms with Crippen molar-refractivity contribution < 1.29 is 9.53 Å². The Kier molecular flexibility index (Phi) is 2.58. The van der Waals surface area contributed by atoms with Gasteiger partial charge in [-0.15, -0.1) is 0 Å². The molecule has 0 aliphatic heterocycles. The molecule has 3 rings (SSSR count). The Balaban J connectivity index is 2.44. The molecule has 0 spiro atoms. The summed E-state index contributed by atoms with van der Waals surface area (Å²) in [4.78, 5) is 16.4. The number of aromatic nitrogens is 2. The maximum atomic E-state index is 12.2. The minimum absolute atomic E-state index is 0.252. The number of carbonyl (C=O) groups excluding carboxylic acids is 1. The van der Waals surface area contributed by atoms with Crippen LogP contribution >= 0.6 is 0 Å². The molecule has 0 atom stereocenters. The third-order valence-electron chi connectivity index (χ3n) is 3.65. The lowest BCUT2D eigenvalue weighted by Gasteiger charge is -2.13. The van der Waals surface area contributed by atoms with E-state index in [0.717, 1.165) is 41.5 Å². The first-order chi connectivity index (χ1) is 8.77. The summed E-state index contributed by atoms with van der Waals surface area (Å²) in [5.41, 5.74) is 3.00. The number of carbonyl (C=O) groups is 1. The summed E-state index contributed by atoms with van der Waals surface area (Å²) >= 11 is 0. The van der Waals surface area contributed by atoms with Crippen LogP contribution in [-0.2, 0) is 13.0 Å². The molecule has 1 aliphatic carbocycles. The smallest absolute Gasteiger partial charge is 0.238 e. The summed E-state index contributed by atoms with van der Waals surface area (Å²) in [6.45, 7) is 2.92. The van der Waals surface area contributed by atoms with E-state index in [4.69, 9.17) is 4.74 Å². The number of Topliss-reactive ketones (excluding diaryl/α,β-unsaturated/α-hetero) is 1. The van der Waals surface area contributed by atoms with E-state index in [1.807, 2.05) is 6.07 Å². The van der Waals surface area contributed by atoms with Crippen molar-refractivity contribution in [2.24, 2.45) is 0 Å². The van der Waals surface area contributed by atoms with Gasteiger partial charge in [0.15, 0.2) is 5.78 Å². The number of hydrogen-bond acceptors (Lipinski definition) is 3. The van der Waals surface area contributed by atoms with Gasteiger partial charge in [-0.05, 0) is 25.8 Å². The molecule has 2 heterocycles. The number of pyridine rings is 1. The van der Waals surface area contributed by atoms with E-state index in [9.17, 15) is 4.79 Å². The number of nitrogens with zero attached hydrogens (tertiary/aromatic N) is 2. The van der Waals surface area contributed by atoms with Gasteiger partial charge in [0.25, 0.3) is 0 Å². The van der Waals surface area contributed by atoms with Crippen LogP contribution in [0.4, 0.5) is 0 Å². The van der Waals surface area contributed by atoms with Gasteiger partial charge >= 0.3 is 0 Å². The summed E-state index contributed by atoms with van der Waals surface area (Å²) in [5, 5.41) is 0.989. The Morgan fingerprint density at radius 3 is 3.00 bits per heavy atom. The van der Waals surface area contributed by atoms with Crippen LogP contribution < -0.4 is 4.74 Å². The van der Waals surface area contributed by atoms with Gasteiger partial charge in [-0.1, -0.05) is 0 Å². The zero-order chi connectivity index (χ0) is 12.7. The molecule has 0 radical (unpaired) electrons. The van der Waals surface area contributed by atoms with E-state index in [1.54, 1.807) is 13.3 Å². The van der Waals surface area contributed by atoms with Crippen molar-refractivity contribution in [3.63, 3.8) is 0 Å². The van der Waals surface area contributed by atoms with Crippen LogP contribution in [0.3, 0.4) is 0 Å². The van der Waals surface area contributed by atoms with Crippen LogP contribution in [0.15, 0.2) is 12.3 Å². The molecule has 0 fully saturated rings. The van der Waals surface area contributed by atoms with Crippen molar-refractivity contribution in [3.05, 3.63) is 23.5 Å². The Morgan fingerprint density at radius 1 is 1.44 bits per heavy atom. The first kappa shape index (κ1) is 11.3. The highest BCUT2D eigenvalue weighted by Crippen LogP contribution is 2.35. The Morgan fingerprint density at radius 2 is 2.28 bits per heavy atom. The molecule has 0 aromatic carbocycles. The first-order valence-electron chi connectivity index (χ1n) is 6.35. The lowest BCUT2D eigenvalue weighted by Crippen LogP contribution is -2.12. The van der Waals surface area contributed by atoms with E-state index >= 15 is 0 Å². The van der Waals surface area contributed by atoms with E-state index in [1.165, 1.54) is 0 Å². The fraction of sp³-hybridized carbons (Fsp3) is 0.429. The van der Waals surface area contributed by atoms with Gasteiger partial charge in [0, 0.05) is 35.8 Å². The Bertz CT molecular complexity index is 628. The molecule has 94 valence electrons. The topological polar surface area (TPSA) is 44.1 Å². The van der Waals surface area contributed by atoms with Gasteiger partial charge < -0.3 is 9.30 Å². The van der Waals surface area contributed by atoms with Crippen molar-refractivity contribution in [2.75, 3.05) is 7.11 Å². The average Bonchev–Trinajstić information content (AvgIpc) is 2.73. The molecular weight excluding hydrogens is 228 g/mol. The molecule has 4 nitrogen and oxygen atoms in total. The van der Waals surface area contributed by atoms with Gasteiger partial charge in [-0.25, -0.2) is 4.98 Å². The van der Waals surface area contributed by atoms with Gasteiger partial charge in [0.05, 0.1) is 7.11 Å². The summed E-state index contributed by atoms with van der Waals surface area (Å²) in [5.74, 6) is 0.859. The van der Waals surface area contributed by atoms with Crippen molar-refractivity contribution >= 4 is 16.7 Å². The molecule has 2 aromatic rings. The van der Waals surface area contributed by atoms with E-state index in [0.29, 0.717) is 12.3 Å². The number of rotatable bonds is 2. The van der Waals surface area contributed by atoms with E-state index in [-0.39, 0.29) is 5.78 Å². The van der Waals surface area contributed by atoms with Gasteiger partial charge in [-0.2, -0.15) is 0 Å². The average molecular weight is 244 g/mol. The highest BCUT2D eigenvalue weighted by atomic mass is 16.5. The van der Waals surface area contributed by atoms with Crippen LogP contribution in [0, 0.1) is 0 Å². The van der Waals surface area contributed by atoms with Crippen molar-refractivity contribution in [2.45, 2.75) is 32.7 Å². The summed E-state index contributed by atoms with van der Waals surface area (Å²) in [6, 6.07) is 1.92. The van der Waals surface area contributed by atoms with Crippen LogP contribution in [0.2, 0.25) is 0 Å². The summed E-state index contributed by atoms with van der Waals surface area (Å²) < 4.78 is 7.51. The van der Waals surface area contributed by atoms with Crippen LogP contribution in [-0.4, -0.2) is 22.4 Å². The molecule has 18 heavy (non-hydrogen) atoms. The zero-order valence-corrected chi connectivity index (χ0v) is 10.7. The fourth-order valence-electron chi connectivity index (χ4n) is 2.93. The summed E-state index contributed by atoms with van der Waals surface area (Å²) in [6.07, 6.45) is 4.27. The molecule has 2 aromatic heterocycles. The van der Waals surface area contributed by atoms with Crippen LogP contribution in [0.5, 0.6) is 5.88 Å². The maximum absolute atomic E-state index is 12.2. The maximum Gasteiger partial charge on any atom is 0.238 e. The SMILES string of the molecule is CCn1c2c(c3ccnc(OC)c31)C(=O)CCC2. The largest absolute Gasteiger partial charge is 0.479 e. The highest BCUT2D eigenvalue weighted by Gasteiger charge is 2.26. The third kappa shape index (κ3) is 1.38. The van der Waals surface area contributed by atoms with E-state index < -0.39 is 0 Å². The molecule has 0 amide bonds. The minimum atomic E-state index is 0.252. The lowest BCUT2D eigenvalue weighted by molar-refractivity contribution is 0.0973. The molecule has 0 bridgehead atoms. The zero-order valence-electron chi connectivity index (χ0n) is 10.7. The molecule has 1 aliphatic rings. The monoisotopic (exact) mass is 244 g/mol. The molecule has 0 saturated heterocycles. The molecule has 0 N–H and O–H groups in total. The molecule has 0 unspecified atom stereocenters. The van der Waals surface area contributed by atoms with Gasteiger partial charge in [0.2, 0.25) is 5.88 Å². The van der Waals surface area contributed by atoms with Gasteiger partial charge in [0.1, 0.15) is 5.52 Å². The van der Waals surface area contributed by atoms with E-state index in [2.05, 4.69) is 16.5 Å². The van der Waals surface area contributed by atoms with Crippen molar-refractivity contribution in [1.29, 1.82) is 0 Å². The molecule has 0 saturated carbocycles. The second kappa shape index (κ2) is 4.12. The van der Waals surface area contributed by atoms with Crippen molar-refractivity contribution in [3.8, 4) is 5.88 Å². The highest BCUT2D eigenvalue weighted by molar-refractivity contribution is 6.11. The number of ketones is 1. The van der Waals surface area contributed by atoms with Crippen molar-refractivity contribution in [1.82, 2.24) is 9.55 Å². The predicted molar refractivity (Wildman–Crippen MR) is 69.2 cm³/mol. The van der Waals surface area contributed by atoms with Crippen LogP contribution in [0.1, 0.15) is 35.8 Å². The quantitative estimate of drug-likeness (QED) is 0.815. The second-order valence-corrected chi connectivity index (χ2v) is 4.56. The predicted octanol–water partition coefficient (Wildman–Crippen LogP) is 2.58. The lowest BCUT2D eigenvalue weighted by atomic mass is 9.94. The number of hydrogen-bond donors (Lipinski definition) is 0. The standard InChI is InChI=1S/C14H16N2O2/c1-3-16-10-5-4-6-11(17)12(10)9-7-8-15-14(18-2)13(9)16/h7-8H,3-6H2,1-2H3. The third-order valence-corrected chi connectivity index (χ3v) is 3.65. The first-order valence-corrected chi connectivity index (χ1v) is 6.35. The molecular formula is C14H16N2O2. The second-order valence-electron chi connectivity index (χ2n) is 4.56. The van der Waals surface area contributed by atoms with Crippen LogP contribution in [0.25, 0.3) is 10.9 Å². The number of methoxy groups -OCH3 is 1. The number of ether oxygens (including phenoxy) is 1. The minimum Gasteiger partial charge on any atom is -0.479 e. The Labute approximate surface area is 106 Å². The summed E-state index contributed by atoms with van der Waals surface area (Å²) in [7, 11) is 1.62.